The third kappa shape index (κ3) is 1.38. The highest BCUT2D eigenvalue weighted by molar-refractivity contribution is 5.38. The van der Waals surface area contributed by atoms with E-state index in [4.69, 9.17) is 5.73 Å². The molecule has 1 aliphatic rings. The molecule has 0 unspecified atom stereocenters. The molecule has 2 heterocycles. The summed E-state index contributed by atoms with van der Waals surface area (Å²) in [5.41, 5.74) is 7.81. The van der Waals surface area contributed by atoms with Gasteiger partial charge >= 0.3 is 0 Å². The van der Waals surface area contributed by atoms with Gasteiger partial charge in [-0.1, -0.05) is 0 Å². The molecule has 0 saturated carbocycles. The van der Waals surface area contributed by atoms with Crippen LogP contribution in [0.2, 0.25) is 0 Å². The minimum absolute atomic E-state index is 0.347. The Hall–Kier alpha value is -1.82. The molecule has 6 heteroatoms. The number of hydrogen-bond donors (Lipinski definition) is 1. The van der Waals surface area contributed by atoms with Crippen LogP contribution in [0.15, 0.2) is 12.7 Å². The lowest BCUT2D eigenvalue weighted by Crippen LogP contribution is -2.06. The first-order valence-electron chi connectivity index (χ1n) is 5.32. The van der Waals surface area contributed by atoms with Crippen LogP contribution >= 0.6 is 0 Å². The van der Waals surface area contributed by atoms with Crippen LogP contribution in [-0.4, -0.2) is 24.7 Å². The summed E-state index contributed by atoms with van der Waals surface area (Å²) in [6.07, 6.45) is 6.43. The predicted molar refractivity (Wildman–Crippen MR) is 56.9 cm³/mol. The average Bonchev–Trinajstić information content (AvgIpc) is 2.97. The molecule has 82 valence electrons. The molecular weight excluding hydrogens is 204 g/mol. The van der Waals surface area contributed by atoms with E-state index in [1.807, 2.05) is 0 Å². The summed E-state index contributed by atoms with van der Waals surface area (Å²) in [7, 11) is 0. The fourth-order valence-corrected chi connectivity index (χ4v) is 2.03. The maximum Gasteiger partial charge on any atom is 0.164 e. The zero-order valence-electron chi connectivity index (χ0n) is 8.80. The first-order valence-corrected chi connectivity index (χ1v) is 5.32. The standard InChI is InChI=1S/C10H12N6/c11-4-9-14-6-16(15-9)10-7-2-1-3-8(7)12-5-13-10/h5-6H,1-4,11H2. The highest BCUT2D eigenvalue weighted by Crippen LogP contribution is 2.23. The van der Waals surface area contributed by atoms with Crippen molar-refractivity contribution in [3.63, 3.8) is 0 Å². The number of aryl methyl sites for hydroxylation is 1. The van der Waals surface area contributed by atoms with Gasteiger partial charge in [0.05, 0.1) is 6.54 Å². The molecule has 2 aromatic heterocycles. The average molecular weight is 216 g/mol. The van der Waals surface area contributed by atoms with Crippen LogP contribution in [0.4, 0.5) is 0 Å². The van der Waals surface area contributed by atoms with Crippen LogP contribution in [0.1, 0.15) is 23.5 Å². The Morgan fingerprint density at radius 2 is 2.19 bits per heavy atom. The summed E-state index contributed by atoms with van der Waals surface area (Å²) in [6, 6.07) is 0. The Morgan fingerprint density at radius 3 is 3.00 bits per heavy atom. The van der Waals surface area contributed by atoms with Crippen molar-refractivity contribution in [3.8, 4) is 5.82 Å². The fourth-order valence-electron chi connectivity index (χ4n) is 2.03. The molecule has 16 heavy (non-hydrogen) atoms. The summed E-state index contributed by atoms with van der Waals surface area (Å²) in [6.45, 7) is 0.347. The molecule has 0 radical (unpaired) electrons. The zero-order chi connectivity index (χ0) is 11.0. The molecule has 2 aromatic rings. The van der Waals surface area contributed by atoms with E-state index in [9.17, 15) is 0 Å². The van der Waals surface area contributed by atoms with Crippen molar-refractivity contribution in [2.45, 2.75) is 25.8 Å². The van der Waals surface area contributed by atoms with Crippen LogP contribution in [0.25, 0.3) is 5.82 Å². The number of nitrogens with zero attached hydrogens (tertiary/aromatic N) is 5. The van der Waals surface area contributed by atoms with E-state index >= 15 is 0 Å². The highest BCUT2D eigenvalue weighted by atomic mass is 15.4. The second-order valence-electron chi connectivity index (χ2n) is 3.79. The molecule has 1 aliphatic carbocycles. The van der Waals surface area contributed by atoms with Crippen molar-refractivity contribution in [3.05, 3.63) is 29.7 Å². The van der Waals surface area contributed by atoms with E-state index in [1.54, 1.807) is 17.3 Å². The Balaban J connectivity index is 2.09. The van der Waals surface area contributed by atoms with Gasteiger partial charge < -0.3 is 5.73 Å². The third-order valence-corrected chi connectivity index (χ3v) is 2.79. The van der Waals surface area contributed by atoms with Gasteiger partial charge in [-0.25, -0.2) is 19.6 Å². The summed E-state index contributed by atoms with van der Waals surface area (Å²) >= 11 is 0. The SMILES string of the molecule is NCc1ncn(-c2ncnc3c2CCC3)n1. The summed E-state index contributed by atoms with van der Waals surface area (Å²) in [5.74, 6) is 1.47. The molecule has 2 N–H and O–H groups in total. The van der Waals surface area contributed by atoms with Crippen LogP contribution in [-0.2, 0) is 19.4 Å². The second-order valence-corrected chi connectivity index (χ2v) is 3.79. The van der Waals surface area contributed by atoms with Gasteiger partial charge in [-0.2, -0.15) is 0 Å². The molecule has 0 bridgehead atoms. The molecule has 0 fully saturated rings. The van der Waals surface area contributed by atoms with Crippen molar-refractivity contribution in [2.75, 3.05) is 0 Å². The molecule has 0 aliphatic heterocycles. The maximum atomic E-state index is 5.48. The van der Waals surface area contributed by atoms with E-state index in [0.717, 1.165) is 30.8 Å². The van der Waals surface area contributed by atoms with Gasteiger partial charge in [0.1, 0.15) is 12.7 Å². The number of rotatable bonds is 2. The predicted octanol–water partition coefficient (Wildman–Crippen LogP) is 0.00470. The Bertz CT molecular complexity index is 518. The summed E-state index contributed by atoms with van der Waals surface area (Å²) in [4.78, 5) is 12.7. The normalized spacial score (nSPS) is 14.1. The number of nitrogens with two attached hydrogens (primary N) is 1. The van der Waals surface area contributed by atoms with Gasteiger partial charge in [0.15, 0.2) is 11.6 Å². The van der Waals surface area contributed by atoms with Gasteiger partial charge in [0, 0.05) is 11.3 Å². The molecular formula is C10H12N6. The van der Waals surface area contributed by atoms with Crippen molar-refractivity contribution in [1.82, 2.24) is 24.7 Å². The minimum Gasteiger partial charge on any atom is -0.324 e. The van der Waals surface area contributed by atoms with Gasteiger partial charge in [0.2, 0.25) is 0 Å². The molecule has 0 saturated heterocycles. The number of hydrogen-bond acceptors (Lipinski definition) is 5. The lowest BCUT2D eigenvalue weighted by Gasteiger charge is -2.04. The number of aromatic nitrogens is 5. The molecule has 0 atom stereocenters. The molecule has 0 aromatic carbocycles. The first kappa shape index (κ1) is 9.41. The van der Waals surface area contributed by atoms with E-state index < -0.39 is 0 Å². The van der Waals surface area contributed by atoms with E-state index in [-0.39, 0.29) is 0 Å². The quantitative estimate of drug-likeness (QED) is 0.764. The smallest absolute Gasteiger partial charge is 0.164 e. The fraction of sp³-hybridized carbons (Fsp3) is 0.400. The maximum absolute atomic E-state index is 5.48. The van der Waals surface area contributed by atoms with E-state index in [2.05, 4.69) is 20.1 Å². The molecule has 3 rings (SSSR count). The van der Waals surface area contributed by atoms with E-state index in [1.165, 1.54) is 5.56 Å². The van der Waals surface area contributed by atoms with Gasteiger partial charge in [-0.15, -0.1) is 5.10 Å². The lowest BCUT2D eigenvalue weighted by atomic mass is 10.2. The van der Waals surface area contributed by atoms with Crippen LogP contribution in [0.3, 0.4) is 0 Å². The Kier molecular flexibility index (Phi) is 2.14. The van der Waals surface area contributed by atoms with Crippen molar-refractivity contribution >= 4 is 0 Å². The van der Waals surface area contributed by atoms with Gasteiger partial charge in [-0.05, 0) is 19.3 Å². The number of fused-ring (bicyclic) bond motifs is 1. The second kappa shape index (κ2) is 3.64. The summed E-state index contributed by atoms with van der Waals surface area (Å²) < 4.78 is 1.69. The summed E-state index contributed by atoms with van der Waals surface area (Å²) in [5, 5.41) is 4.27. The Labute approximate surface area is 92.5 Å². The van der Waals surface area contributed by atoms with Crippen molar-refractivity contribution in [2.24, 2.45) is 5.73 Å². The van der Waals surface area contributed by atoms with E-state index in [0.29, 0.717) is 12.4 Å². The van der Waals surface area contributed by atoms with Gasteiger partial charge in [-0.3, -0.25) is 0 Å². The highest BCUT2D eigenvalue weighted by Gasteiger charge is 2.18. The molecule has 0 amide bonds. The topological polar surface area (TPSA) is 82.5 Å². The lowest BCUT2D eigenvalue weighted by molar-refractivity contribution is 0.790. The van der Waals surface area contributed by atoms with Crippen LogP contribution in [0, 0.1) is 0 Å². The minimum atomic E-state index is 0.347. The zero-order valence-corrected chi connectivity index (χ0v) is 8.80. The van der Waals surface area contributed by atoms with Crippen LogP contribution < -0.4 is 5.73 Å². The third-order valence-electron chi connectivity index (χ3n) is 2.79. The van der Waals surface area contributed by atoms with Crippen LogP contribution in [0.5, 0.6) is 0 Å². The Morgan fingerprint density at radius 1 is 1.25 bits per heavy atom. The largest absolute Gasteiger partial charge is 0.324 e. The molecule has 6 nitrogen and oxygen atoms in total. The first-order chi connectivity index (χ1) is 7.88. The molecule has 0 spiro atoms. The van der Waals surface area contributed by atoms with Gasteiger partial charge in [0.25, 0.3) is 0 Å². The van der Waals surface area contributed by atoms with Crippen molar-refractivity contribution < 1.29 is 0 Å². The van der Waals surface area contributed by atoms with Crippen molar-refractivity contribution in [1.29, 1.82) is 0 Å². The monoisotopic (exact) mass is 216 g/mol.